The van der Waals surface area contributed by atoms with Crippen molar-refractivity contribution in [3.8, 4) is 5.69 Å². The van der Waals surface area contributed by atoms with E-state index >= 15 is 0 Å². The fraction of sp³-hybridized carbons (Fsp3) is 0.0909. The zero-order valence-electron chi connectivity index (χ0n) is 8.95. The molecule has 6 heteroatoms. The fourth-order valence-corrected chi connectivity index (χ4v) is 1.72. The molecular formula is C11H9ClFN3O. The Bertz CT molecular complexity index is 594. The SMILES string of the molecule is Cc1c(C(N)=O)cnn1-c1cccc(Cl)c1F. The number of nitrogens with zero attached hydrogens (tertiary/aromatic N) is 2. The van der Waals surface area contributed by atoms with Crippen LogP contribution in [0.3, 0.4) is 0 Å². The molecule has 0 radical (unpaired) electrons. The third-order valence-electron chi connectivity index (χ3n) is 2.43. The summed E-state index contributed by atoms with van der Waals surface area (Å²) in [5, 5.41) is 3.92. The van der Waals surface area contributed by atoms with Crippen molar-refractivity contribution in [1.29, 1.82) is 0 Å². The van der Waals surface area contributed by atoms with E-state index in [1.807, 2.05) is 0 Å². The average Bonchev–Trinajstić information content (AvgIpc) is 2.64. The Hall–Kier alpha value is -1.88. The van der Waals surface area contributed by atoms with Crippen molar-refractivity contribution in [2.75, 3.05) is 0 Å². The number of carbonyl (C=O) groups is 1. The first-order chi connectivity index (χ1) is 8.02. The molecular weight excluding hydrogens is 245 g/mol. The highest BCUT2D eigenvalue weighted by atomic mass is 35.5. The van der Waals surface area contributed by atoms with Gasteiger partial charge in [-0.05, 0) is 19.1 Å². The average molecular weight is 254 g/mol. The number of hydrogen-bond donors (Lipinski definition) is 1. The van der Waals surface area contributed by atoms with Crippen molar-refractivity contribution >= 4 is 17.5 Å². The van der Waals surface area contributed by atoms with Crippen LogP contribution in [-0.4, -0.2) is 15.7 Å². The number of benzene rings is 1. The van der Waals surface area contributed by atoms with Crippen molar-refractivity contribution in [1.82, 2.24) is 9.78 Å². The van der Waals surface area contributed by atoms with Crippen LogP contribution in [0.1, 0.15) is 16.1 Å². The van der Waals surface area contributed by atoms with Crippen molar-refractivity contribution in [3.05, 3.63) is 46.5 Å². The number of amides is 1. The molecule has 1 heterocycles. The van der Waals surface area contributed by atoms with Crippen LogP contribution in [0.2, 0.25) is 5.02 Å². The van der Waals surface area contributed by atoms with Crippen LogP contribution >= 0.6 is 11.6 Å². The Morgan fingerprint density at radius 1 is 1.53 bits per heavy atom. The molecule has 2 N–H and O–H groups in total. The maximum atomic E-state index is 13.8. The first-order valence-electron chi connectivity index (χ1n) is 4.81. The van der Waals surface area contributed by atoms with Crippen LogP contribution in [0.5, 0.6) is 0 Å². The summed E-state index contributed by atoms with van der Waals surface area (Å²) in [4.78, 5) is 11.1. The summed E-state index contributed by atoms with van der Waals surface area (Å²) in [5.74, 6) is -1.19. The molecule has 0 aliphatic carbocycles. The maximum Gasteiger partial charge on any atom is 0.252 e. The molecule has 0 bridgehead atoms. The summed E-state index contributed by atoms with van der Waals surface area (Å²) in [6.45, 7) is 1.63. The van der Waals surface area contributed by atoms with Gasteiger partial charge in [-0.2, -0.15) is 5.10 Å². The molecule has 1 aromatic carbocycles. The number of halogens is 2. The topological polar surface area (TPSA) is 60.9 Å². The molecule has 88 valence electrons. The van der Waals surface area contributed by atoms with E-state index in [-0.39, 0.29) is 16.3 Å². The van der Waals surface area contributed by atoms with Crippen LogP contribution < -0.4 is 5.73 Å². The maximum absolute atomic E-state index is 13.8. The fourth-order valence-electron chi connectivity index (χ4n) is 1.55. The normalized spacial score (nSPS) is 10.5. The van der Waals surface area contributed by atoms with Gasteiger partial charge in [0.1, 0.15) is 5.69 Å². The van der Waals surface area contributed by atoms with Gasteiger partial charge in [0.05, 0.1) is 22.5 Å². The first kappa shape index (κ1) is 11.6. The second-order valence-electron chi connectivity index (χ2n) is 3.49. The second-order valence-corrected chi connectivity index (χ2v) is 3.90. The Morgan fingerprint density at radius 3 is 2.82 bits per heavy atom. The summed E-state index contributed by atoms with van der Waals surface area (Å²) < 4.78 is 15.1. The lowest BCUT2D eigenvalue weighted by molar-refractivity contribution is 0.0999. The molecule has 0 saturated carbocycles. The van der Waals surface area contributed by atoms with E-state index < -0.39 is 11.7 Å². The zero-order valence-corrected chi connectivity index (χ0v) is 9.70. The molecule has 0 aliphatic heterocycles. The van der Waals surface area contributed by atoms with E-state index in [4.69, 9.17) is 17.3 Å². The third-order valence-corrected chi connectivity index (χ3v) is 2.73. The van der Waals surface area contributed by atoms with Gasteiger partial charge in [0.25, 0.3) is 5.91 Å². The molecule has 4 nitrogen and oxygen atoms in total. The molecule has 0 fully saturated rings. The van der Waals surface area contributed by atoms with Crippen LogP contribution in [0.4, 0.5) is 4.39 Å². The Balaban J connectivity index is 2.62. The summed E-state index contributed by atoms with van der Waals surface area (Å²) in [6.07, 6.45) is 1.30. The molecule has 2 aromatic rings. The van der Waals surface area contributed by atoms with Crippen molar-refractivity contribution in [2.45, 2.75) is 6.92 Å². The molecule has 1 aromatic heterocycles. The van der Waals surface area contributed by atoms with Crippen molar-refractivity contribution < 1.29 is 9.18 Å². The van der Waals surface area contributed by atoms with Crippen molar-refractivity contribution in [3.63, 3.8) is 0 Å². The van der Waals surface area contributed by atoms with Crippen LogP contribution in [-0.2, 0) is 0 Å². The molecule has 0 saturated heterocycles. The Kier molecular flexibility index (Phi) is 2.85. The van der Waals surface area contributed by atoms with Gasteiger partial charge < -0.3 is 5.73 Å². The highest BCUT2D eigenvalue weighted by Crippen LogP contribution is 2.22. The van der Waals surface area contributed by atoms with E-state index in [0.29, 0.717) is 5.69 Å². The lowest BCUT2D eigenvalue weighted by atomic mass is 10.2. The molecule has 1 amide bonds. The number of carbonyl (C=O) groups excluding carboxylic acids is 1. The van der Waals surface area contributed by atoms with E-state index in [1.165, 1.54) is 23.0 Å². The van der Waals surface area contributed by atoms with Crippen LogP contribution in [0.15, 0.2) is 24.4 Å². The van der Waals surface area contributed by atoms with Gasteiger partial charge in [-0.15, -0.1) is 0 Å². The summed E-state index contributed by atoms with van der Waals surface area (Å²) in [7, 11) is 0. The second kappa shape index (κ2) is 4.18. The highest BCUT2D eigenvalue weighted by Gasteiger charge is 2.15. The third kappa shape index (κ3) is 1.89. The Morgan fingerprint density at radius 2 is 2.24 bits per heavy atom. The highest BCUT2D eigenvalue weighted by molar-refractivity contribution is 6.30. The number of aromatic nitrogens is 2. The van der Waals surface area contributed by atoms with Crippen LogP contribution in [0, 0.1) is 12.7 Å². The number of rotatable bonds is 2. The molecule has 2 rings (SSSR count). The Labute approximate surface area is 102 Å². The predicted molar refractivity (Wildman–Crippen MR) is 61.8 cm³/mol. The van der Waals surface area contributed by atoms with Gasteiger partial charge >= 0.3 is 0 Å². The summed E-state index contributed by atoms with van der Waals surface area (Å²) in [6, 6.07) is 4.56. The monoisotopic (exact) mass is 253 g/mol. The zero-order chi connectivity index (χ0) is 12.6. The quantitative estimate of drug-likeness (QED) is 0.891. The molecule has 17 heavy (non-hydrogen) atoms. The lowest BCUT2D eigenvalue weighted by Crippen LogP contribution is -2.12. The van der Waals surface area contributed by atoms with Gasteiger partial charge in [-0.1, -0.05) is 17.7 Å². The van der Waals surface area contributed by atoms with Gasteiger partial charge in [0, 0.05) is 0 Å². The minimum Gasteiger partial charge on any atom is -0.365 e. The van der Waals surface area contributed by atoms with Gasteiger partial charge in [0.2, 0.25) is 0 Å². The van der Waals surface area contributed by atoms with Gasteiger partial charge in [-0.25, -0.2) is 9.07 Å². The number of nitrogens with two attached hydrogens (primary N) is 1. The van der Waals surface area contributed by atoms with E-state index in [0.717, 1.165) is 0 Å². The number of hydrogen-bond acceptors (Lipinski definition) is 2. The standard InChI is InChI=1S/C11H9ClFN3O/c1-6-7(11(14)17)5-15-16(6)9-4-2-3-8(12)10(9)13/h2-5H,1H3,(H2,14,17). The molecule has 0 atom stereocenters. The first-order valence-corrected chi connectivity index (χ1v) is 5.19. The lowest BCUT2D eigenvalue weighted by Gasteiger charge is -2.06. The minimum absolute atomic E-state index is 0.00183. The van der Waals surface area contributed by atoms with Crippen LogP contribution in [0.25, 0.3) is 5.69 Å². The molecule has 0 spiro atoms. The molecule has 0 unspecified atom stereocenters. The largest absolute Gasteiger partial charge is 0.365 e. The van der Waals surface area contributed by atoms with E-state index in [1.54, 1.807) is 13.0 Å². The summed E-state index contributed by atoms with van der Waals surface area (Å²) >= 11 is 5.68. The van der Waals surface area contributed by atoms with Gasteiger partial charge in [0.15, 0.2) is 5.82 Å². The van der Waals surface area contributed by atoms with E-state index in [9.17, 15) is 9.18 Å². The smallest absolute Gasteiger partial charge is 0.252 e. The van der Waals surface area contributed by atoms with Crippen molar-refractivity contribution in [2.24, 2.45) is 5.73 Å². The predicted octanol–water partition coefficient (Wildman–Crippen LogP) is 2.07. The minimum atomic E-state index is -0.601. The van der Waals surface area contributed by atoms with E-state index in [2.05, 4.69) is 5.10 Å². The van der Waals surface area contributed by atoms with Gasteiger partial charge in [-0.3, -0.25) is 4.79 Å². The number of primary amides is 1. The molecule has 0 aliphatic rings. The summed E-state index contributed by atoms with van der Waals surface area (Å²) in [5.41, 5.74) is 6.07.